The largest absolute Gasteiger partial charge is 0.490 e. The summed E-state index contributed by atoms with van der Waals surface area (Å²) in [6, 6.07) is 11.9. The summed E-state index contributed by atoms with van der Waals surface area (Å²) in [4.78, 5) is 13.3. The van der Waals surface area contributed by atoms with E-state index in [4.69, 9.17) is 46.2 Å². The third-order valence-corrected chi connectivity index (χ3v) is 7.34. The van der Waals surface area contributed by atoms with Crippen molar-refractivity contribution in [3.05, 3.63) is 115 Å². The number of imidazole rings is 2. The van der Waals surface area contributed by atoms with Gasteiger partial charge in [-0.1, -0.05) is 11.5 Å². The Kier molecular flexibility index (Phi) is 16.6. The minimum atomic E-state index is -0.537. The van der Waals surface area contributed by atoms with Gasteiger partial charge in [0.2, 0.25) is 0 Å². The normalized spacial score (nSPS) is 11.7. The third-order valence-electron chi connectivity index (χ3n) is 7.34. The number of nitrogens with zero attached hydrogens (tertiary/aromatic N) is 6. The average molecular weight is 666 g/mol. The minimum Gasteiger partial charge on any atom is -0.490 e. The van der Waals surface area contributed by atoms with Crippen LogP contribution < -0.4 is 30.3 Å². The van der Waals surface area contributed by atoms with Gasteiger partial charge in [0.25, 0.3) is 0 Å². The standard InChI is InChI=1S/C14H18N4O.C13H16N4O.C7H4.B7/c1-15-11-3-4-14-13(7-11)18(5-6-19-14)9-12-8-17(2)10-16-12;1-16-7-11(15-9-16)8-17-4-5-18-13-3-2-10(14)6-12(13)17;1-3-5-7-6-4-2;1-5-7(4)6(2)3/h3-4,7-8,10,15H,5-6,9H2,1-2H3;2-3,6-7,9H,4-5,8,14H2,1H3;1-2H2;. The number of benzene rings is 2. The van der Waals surface area contributed by atoms with Gasteiger partial charge in [0.1, 0.15) is 24.7 Å². The summed E-state index contributed by atoms with van der Waals surface area (Å²) >= 11 is 0. The van der Waals surface area contributed by atoms with E-state index in [0.29, 0.717) is 6.61 Å². The zero-order valence-corrected chi connectivity index (χ0v) is 29.5. The molecule has 0 aliphatic carbocycles. The first-order valence-electron chi connectivity index (χ1n) is 16.1. The molecule has 2 aromatic carbocycles. The molecule has 0 saturated carbocycles. The number of fused-ring (bicyclic) bond motifs is 2. The predicted octanol–water partition coefficient (Wildman–Crippen LogP) is 2.17. The molecule has 17 heteroatoms. The quantitative estimate of drug-likeness (QED) is 0.176. The van der Waals surface area contributed by atoms with Gasteiger partial charge >= 0.3 is 0 Å². The van der Waals surface area contributed by atoms with Crippen LogP contribution in [0, 0.1) is 0 Å². The van der Waals surface area contributed by atoms with Crippen molar-refractivity contribution >= 4 is 73.5 Å². The molecule has 247 valence electrons. The fourth-order valence-electron chi connectivity index (χ4n) is 4.78. The molecule has 2 aliphatic rings. The Bertz CT molecular complexity index is 1870. The second-order valence-corrected chi connectivity index (χ2v) is 11.3. The molecule has 51 heavy (non-hydrogen) atoms. The number of nitrogens with two attached hydrogens (primary N) is 1. The molecule has 10 nitrogen and oxygen atoms in total. The molecule has 4 heterocycles. The highest BCUT2D eigenvalue weighted by Crippen LogP contribution is 2.35. The van der Waals surface area contributed by atoms with E-state index in [2.05, 4.69) is 79.2 Å². The number of anilines is 4. The van der Waals surface area contributed by atoms with E-state index in [9.17, 15) is 0 Å². The first-order chi connectivity index (χ1) is 24.6. The van der Waals surface area contributed by atoms with Crippen molar-refractivity contribution < 1.29 is 9.47 Å². The molecule has 9 radical (unpaired) electrons. The molecule has 0 spiro atoms. The summed E-state index contributed by atoms with van der Waals surface area (Å²) in [5.41, 5.74) is 24.0. The maximum atomic E-state index is 5.84. The van der Waals surface area contributed by atoms with Crippen molar-refractivity contribution in [3.8, 4) is 11.5 Å². The highest BCUT2D eigenvalue weighted by molar-refractivity contribution is 7.81. The lowest BCUT2D eigenvalue weighted by Gasteiger charge is -2.31. The fourth-order valence-corrected chi connectivity index (χ4v) is 4.78. The molecule has 6 rings (SSSR count). The Hall–Kier alpha value is -5.25. The summed E-state index contributed by atoms with van der Waals surface area (Å²) in [7, 11) is 27.5. The number of hydrogen-bond donors (Lipinski definition) is 2. The van der Waals surface area contributed by atoms with E-state index >= 15 is 0 Å². The Morgan fingerprint density at radius 1 is 0.843 bits per heavy atom. The van der Waals surface area contributed by atoms with E-state index in [-0.39, 0.29) is 6.39 Å². The molecule has 0 unspecified atom stereocenters. The Labute approximate surface area is 308 Å². The number of ether oxygens (including phenoxy) is 2. The smallest absolute Gasteiger partial charge is 0.142 e. The van der Waals surface area contributed by atoms with Crippen LogP contribution in [0.15, 0.2) is 103 Å². The number of aryl methyl sites for hydroxylation is 2. The maximum absolute atomic E-state index is 5.84. The van der Waals surface area contributed by atoms with Crippen molar-refractivity contribution in [2.24, 2.45) is 14.1 Å². The van der Waals surface area contributed by atoms with Crippen LogP contribution in [0.1, 0.15) is 11.4 Å². The minimum absolute atomic E-state index is 0.389. The molecule has 0 amide bonds. The second kappa shape index (κ2) is 21.1. The first-order valence-corrected chi connectivity index (χ1v) is 16.1. The van der Waals surface area contributed by atoms with Gasteiger partial charge in [0.15, 0.2) is 0 Å². The lowest BCUT2D eigenvalue weighted by Crippen LogP contribution is -2.43. The van der Waals surface area contributed by atoms with Crippen LogP contribution in [0.5, 0.6) is 11.5 Å². The Morgan fingerprint density at radius 3 is 1.76 bits per heavy atom. The van der Waals surface area contributed by atoms with Gasteiger partial charge in [0.05, 0.1) is 61.6 Å². The molecular formula is C34H38B7N8O2. The average Bonchev–Trinajstić information content (AvgIpc) is 3.75. The van der Waals surface area contributed by atoms with Gasteiger partial charge in [-0.15, -0.1) is 0 Å². The topological polar surface area (TPSA) is 98.6 Å². The van der Waals surface area contributed by atoms with Crippen LogP contribution in [-0.4, -0.2) is 103 Å². The number of hydrogen-bond acceptors (Lipinski definition) is 8. The lowest BCUT2D eigenvalue weighted by molar-refractivity contribution is 0.306. The Morgan fingerprint density at radius 2 is 1.35 bits per heavy atom. The fraction of sp³-hybridized carbons (Fsp3) is 0.265. The molecule has 0 fully saturated rings. The van der Waals surface area contributed by atoms with E-state index < -0.39 is 6.39 Å². The predicted molar refractivity (Wildman–Crippen MR) is 215 cm³/mol. The summed E-state index contributed by atoms with van der Waals surface area (Å²) < 4.78 is 15.3. The van der Waals surface area contributed by atoms with Crippen molar-refractivity contribution in [1.29, 1.82) is 0 Å². The number of nitrogens with one attached hydrogen (secondary N) is 1. The van der Waals surface area contributed by atoms with E-state index in [1.807, 2.05) is 79.5 Å². The summed E-state index contributed by atoms with van der Waals surface area (Å²) in [6.07, 6.45) is 6.81. The first kappa shape index (κ1) is 40.2. The van der Waals surface area contributed by atoms with Crippen LogP contribution in [-0.2, 0) is 27.2 Å². The van der Waals surface area contributed by atoms with Crippen molar-refractivity contribution in [1.82, 2.24) is 19.1 Å². The van der Waals surface area contributed by atoms with E-state index in [1.165, 1.54) is 7.06 Å². The summed E-state index contributed by atoms with van der Waals surface area (Å²) in [5.74, 6) is 1.84. The van der Waals surface area contributed by atoms with Gasteiger partial charge in [-0.05, 0) is 66.7 Å². The number of nitrogen functional groups attached to an aromatic ring is 1. The summed E-state index contributed by atoms with van der Waals surface area (Å²) in [6.45, 7) is 11.2. The monoisotopic (exact) mass is 667 g/mol. The van der Waals surface area contributed by atoms with Crippen LogP contribution in [0.4, 0.5) is 22.7 Å². The number of rotatable bonds is 7. The molecule has 3 N–H and O–H groups in total. The summed E-state index contributed by atoms with van der Waals surface area (Å²) in [5, 5.41) is 3.16. The van der Waals surface area contributed by atoms with Crippen molar-refractivity contribution in [2.45, 2.75) is 13.1 Å². The van der Waals surface area contributed by atoms with Crippen molar-refractivity contribution in [2.75, 3.05) is 54.2 Å². The zero-order valence-electron chi connectivity index (χ0n) is 29.5. The molecule has 2 aliphatic heterocycles. The molecule has 0 saturated heterocycles. The van der Waals surface area contributed by atoms with Crippen LogP contribution in [0.2, 0.25) is 0 Å². The van der Waals surface area contributed by atoms with Crippen molar-refractivity contribution in [3.63, 3.8) is 0 Å². The second-order valence-electron chi connectivity index (χ2n) is 11.3. The van der Waals surface area contributed by atoms with Crippen LogP contribution in [0.3, 0.4) is 0 Å². The highest BCUT2D eigenvalue weighted by atomic mass is 16.5. The molecular weight excluding hydrogens is 628 g/mol. The number of aromatic nitrogens is 4. The maximum Gasteiger partial charge on any atom is 0.142 e. The Balaban J connectivity index is 0.000000203. The van der Waals surface area contributed by atoms with Gasteiger partial charge < -0.3 is 39.5 Å². The zero-order chi connectivity index (χ0) is 37.2. The molecule has 4 aromatic rings. The lowest BCUT2D eigenvalue weighted by atomic mass is 8.76. The molecule has 0 bridgehead atoms. The molecule has 0 atom stereocenters. The highest BCUT2D eigenvalue weighted by Gasteiger charge is 2.20. The SMILES string of the molecule is C=C=C=C=C=C=C.CNc1ccc2c(c1)N(Cc1cn(C)cn1)CCO2.Cn1cnc(CN2CCOc3ccc(N)cc32)c1.[B][B]B([B])B([B])[B]. The van der Waals surface area contributed by atoms with Gasteiger partial charge in [-0.3, -0.25) is 0 Å². The van der Waals surface area contributed by atoms with E-state index in [0.717, 1.165) is 78.4 Å². The van der Waals surface area contributed by atoms with E-state index in [1.54, 1.807) is 0 Å². The van der Waals surface area contributed by atoms with Gasteiger partial charge in [-0.25, -0.2) is 9.97 Å². The van der Waals surface area contributed by atoms with Gasteiger partial charge in [-0.2, -0.15) is 0 Å². The molecule has 2 aromatic heterocycles. The van der Waals surface area contributed by atoms with Crippen LogP contribution in [0.25, 0.3) is 0 Å². The third kappa shape index (κ3) is 13.2. The van der Waals surface area contributed by atoms with Crippen LogP contribution >= 0.6 is 0 Å². The van der Waals surface area contributed by atoms with Gasteiger partial charge in [0, 0.05) is 95.7 Å².